The number of carbonyl (C=O) groups excluding carboxylic acids is 1. The Labute approximate surface area is 178 Å². The van der Waals surface area contributed by atoms with Crippen molar-refractivity contribution in [2.75, 3.05) is 45.2 Å². The summed E-state index contributed by atoms with van der Waals surface area (Å²) in [6, 6.07) is 13.4. The number of piperazine rings is 1. The Kier molecular flexibility index (Phi) is 6.72. The minimum atomic E-state index is -0.436. The smallest absolute Gasteiger partial charge is 0.293 e. The first-order valence-corrected chi connectivity index (χ1v) is 10.3. The SMILES string of the molecule is CC(C)c1ccc(CN2CCN(C(=O)c3ccc(N(C)C)c([N+](=O)[O-])c3)CC2)cc1. The highest BCUT2D eigenvalue weighted by Crippen LogP contribution is 2.28. The quantitative estimate of drug-likeness (QED) is 0.536. The Hall–Kier alpha value is -2.93. The number of nitro benzene ring substituents is 1. The van der Waals surface area contributed by atoms with E-state index in [1.54, 1.807) is 36.0 Å². The van der Waals surface area contributed by atoms with Gasteiger partial charge >= 0.3 is 0 Å². The van der Waals surface area contributed by atoms with E-state index >= 15 is 0 Å². The maximum Gasteiger partial charge on any atom is 0.293 e. The first-order valence-electron chi connectivity index (χ1n) is 10.3. The van der Waals surface area contributed by atoms with Crippen molar-refractivity contribution in [3.8, 4) is 0 Å². The molecule has 0 saturated carbocycles. The number of carbonyl (C=O) groups is 1. The summed E-state index contributed by atoms with van der Waals surface area (Å²) in [6.07, 6.45) is 0. The van der Waals surface area contributed by atoms with Crippen molar-refractivity contribution in [3.63, 3.8) is 0 Å². The number of rotatable bonds is 6. The topological polar surface area (TPSA) is 69.9 Å². The van der Waals surface area contributed by atoms with E-state index in [4.69, 9.17) is 0 Å². The molecule has 0 radical (unpaired) electrons. The zero-order chi connectivity index (χ0) is 21.8. The predicted octanol–water partition coefficient (Wildman–Crippen LogP) is 3.74. The lowest BCUT2D eigenvalue weighted by Gasteiger charge is -2.35. The second kappa shape index (κ2) is 9.26. The molecule has 1 aliphatic rings. The van der Waals surface area contributed by atoms with Gasteiger partial charge in [0, 0.05) is 58.4 Å². The summed E-state index contributed by atoms with van der Waals surface area (Å²) in [5, 5.41) is 11.4. The third-order valence-corrected chi connectivity index (χ3v) is 5.61. The highest BCUT2D eigenvalue weighted by atomic mass is 16.6. The fourth-order valence-corrected chi connectivity index (χ4v) is 3.74. The van der Waals surface area contributed by atoms with Crippen LogP contribution in [0.2, 0.25) is 0 Å². The van der Waals surface area contributed by atoms with Crippen LogP contribution in [0.3, 0.4) is 0 Å². The fourth-order valence-electron chi connectivity index (χ4n) is 3.74. The van der Waals surface area contributed by atoms with Crippen molar-refractivity contribution in [1.82, 2.24) is 9.80 Å². The van der Waals surface area contributed by atoms with Crippen molar-refractivity contribution in [1.29, 1.82) is 0 Å². The van der Waals surface area contributed by atoms with E-state index in [0.29, 0.717) is 30.3 Å². The van der Waals surface area contributed by atoms with Crippen molar-refractivity contribution in [2.45, 2.75) is 26.3 Å². The normalized spacial score (nSPS) is 14.8. The van der Waals surface area contributed by atoms with Gasteiger partial charge in [-0.2, -0.15) is 0 Å². The van der Waals surface area contributed by atoms with Crippen molar-refractivity contribution in [3.05, 3.63) is 69.3 Å². The Morgan fingerprint density at radius 3 is 2.23 bits per heavy atom. The van der Waals surface area contributed by atoms with Crippen LogP contribution in [0.1, 0.15) is 41.3 Å². The number of nitro groups is 1. The minimum Gasteiger partial charge on any atom is -0.372 e. The Morgan fingerprint density at radius 1 is 1.07 bits per heavy atom. The molecule has 0 aliphatic carbocycles. The van der Waals surface area contributed by atoms with E-state index in [9.17, 15) is 14.9 Å². The van der Waals surface area contributed by atoms with Crippen LogP contribution in [0.4, 0.5) is 11.4 Å². The lowest BCUT2D eigenvalue weighted by atomic mass is 10.0. The standard InChI is InChI=1S/C23H30N4O3/c1-17(2)19-7-5-18(6-8-19)16-25-11-13-26(14-12-25)23(28)20-9-10-21(24(3)4)22(15-20)27(29)30/h5-10,15,17H,11-14,16H2,1-4H3. The molecular formula is C23H30N4O3. The fraction of sp³-hybridized carbons (Fsp3) is 0.435. The van der Waals surface area contributed by atoms with Gasteiger partial charge in [0.2, 0.25) is 0 Å². The van der Waals surface area contributed by atoms with Crippen LogP contribution in [-0.4, -0.2) is 60.9 Å². The summed E-state index contributed by atoms with van der Waals surface area (Å²) in [7, 11) is 3.50. The summed E-state index contributed by atoms with van der Waals surface area (Å²) >= 11 is 0. The maximum atomic E-state index is 12.9. The number of anilines is 1. The molecule has 1 saturated heterocycles. The molecule has 0 unspecified atom stereocenters. The van der Waals surface area contributed by atoms with E-state index in [0.717, 1.165) is 19.6 Å². The number of hydrogen-bond acceptors (Lipinski definition) is 5. The van der Waals surface area contributed by atoms with E-state index in [-0.39, 0.29) is 11.6 Å². The van der Waals surface area contributed by atoms with Crippen LogP contribution < -0.4 is 4.90 Å². The van der Waals surface area contributed by atoms with Gasteiger partial charge in [-0.05, 0) is 29.2 Å². The molecule has 0 bridgehead atoms. The molecular weight excluding hydrogens is 380 g/mol. The predicted molar refractivity (Wildman–Crippen MR) is 119 cm³/mol. The average Bonchev–Trinajstić information content (AvgIpc) is 2.73. The average molecular weight is 411 g/mol. The third kappa shape index (κ3) is 4.97. The largest absolute Gasteiger partial charge is 0.372 e. The van der Waals surface area contributed by atoms with Gasteiger partial charge in [0.25, 0.3) is 11.6 Å². The van der Waals surface area contributed by atoms with Crippen molar-refractivity contribution >= 4 is 17.3 Å². The molecule has 0 aromatic heterocycles. The highest BCUT2D eigenvalue weighted by molar-refractivity contribution is 5.95. The van der Waals surface area contributed by atoms with Gasteiger partial charge < -0.3 is 9.80 Å². The molecule has 0 N–H and O–H groups in total. The number of nitrogens with zero attached hydrogens (tertiary/aromatic N) is 4. The van der Waals surface area contributed by atoms with E-state index in [1.165, 1.54) is 17.2 Å². The first-order chi connectivity index (χ1) is 14.3. The van der Waals surface area contributed by atoms with Crippen LogP contribution in [0.15, 0.2) is 42.5 Å². The first kappa shape index (κ1) is 21.8. The molecule has 1 fully saturated rings. The van der Waals surface area contributed by atoms with Gasteiger partial charge in [-0.15, -0.1) is 0 Å². The molecule has 1 heterocycles. The van der Waals surface area contributed by atoms with Crippen LogP contribution in [-0.2, 0) is 6.54 Å². The van der Waals surface area contributed by atoms with Gasteiger partial charge in [0.15, 0.2) is 0 Å². The Morgan fingerprint density at radius 2 is 1.70 bits per heavy atom. The Balaban J connectivity index is 1.61. The Bertz CT molecular complexity index is 901. The molecule has 7 heteroatoms. The van der Waals surface area contributed by atoms with Crippen LogP contribution in [0, 0.1) is 10.1 Å². The van der Waals surface area contributed by atoms with Crippen LogP contribution >= 0.6 is 0 Å². The zero-order valence-corrected chi connectivity index (χ0v) is 18.2. The van der Waals surface area contributed by atoms with Crippen molar-refractivity contribution < 1.29 is 9.72 Å². The second-order valence-corrected chi connectivity index (χ2v) is 8.32. The van der Waals surface area contributed by atoms with Gasteiger partial charge in [0.05, 0.1) is 4.92 Å². The number of hydrogen-bond donors (Lipinski definition) is 0. The summed E-state index contributed by atoms with van der Waals surface area (Å²) in [4.78, 5) is 29.7. The van der Waals surface area contributed by atoms with Gasteiger partial charge in [0.1, 0.15) is 5.69 Å². The van der Waals surface area contributed by atoms with E-state index in [1.807, 2.05) is 0 Å². The molecule has 2 aromatic carbocycles. The van der Waals surface area contributed by atoms with Crippen LogP contribution in [0.5, 0.6) is 0 Å². The monoisotopic (exact) mass is 410 g/mol. The van der Waals surface area contributed by atoms with Crippen molar-refractivity contribution in [2.24, 2.45) is 0 Å². The molecule has 3 rings (SSSR count). The molecule has 1 amide bonds. The lowest BCUT2D eigenvalue weighted by molar-refractivity contribution is -0.384. The molecule has 0 atom stereocenters. The lowest BCUT2D eigenvalue weighted by Crippen LogP contribution is -2.48. The molecule has 2 aromatic rings. The zero-order valence-electron chi connectivity index (χ0n) is 18.2. The molecule has 7 nitrogen and oxygen atoms in total. The summed E-state index contributed by atoms with van der Waals surface area (Å²) in [5.41, 5.74) is 3.42. The third-order valence-electron chi connectivity index (χ3n) is 5.61. The van der Waals surface area contributed by atoms with Gasteiger partial charge in [-0.3, -0.25) is 19.8 Å². The van der Waals surface area contributed by atoms with E-state index < -0.39 is 4.92 Å². The molecule has 0 spiro atoms. The minimum absolute atomic E-state index is 0.0469. The number of benzene rings is 2. The number of amides is 1. The van der Waals surface area contributed by atoms with E-state index in [2.05, 4.69) is 43.0 Å². The molecule has 160 valence electrons. The van der Waals surface area contributed by atoms with Gasteiger partial charge in [-0.1, -0.05) is 38.1 Å². The summed E-state index contributed by atoms with van der Waals surface area (Å²) in [5.74, 6) is 0.376. The highest BCUT2D eigenvalue weighted by Gasteiger charge is 2.25. The molecule has 30 heavy (non-hydrogen) atoms. The summed E-state index contributed by atoms with van der Waals surface area (Å²) in [6.45, 7) is 8.05. The second-order valence-electron chi connectivity index (χ2n) is 8.32. The van der Waals surface area contributed by atoms with Gasteiger partial charge in [-0.25, -0.2) is 0 Å². The maximum absolute atomic E-state index is 12.9. The molecule has 1 aliphatic heterocycles. The van der Waals surface area contributed by atoms with Crippen LogP contribution in [0.25, 0.3) is 0 Å². The summed E-state index contributed by atoms with van der Waals surface area (Å²) < 4.78 is 0.